The minimum Gasteiger partial charge on any atom is -0.378 e. The Morgan fingerprint density at radius 1 is 1.33 bits per heavy atom. The molecule has 0 aromatic rings. The van der Waals surface area contributed by atoms with Crippen LogP contribution in [0.5, 0.6) is 0 Å². The quantitative estimate of drug-likeness (QED) is 0.737. The van der Waals surface area contributed by atoms with Gasteiger partial charge in [-0.25, -0.2) is 0 Å². The van der Waals surface area contributed by atoms with Crippen LogP contribution in [0, 0.1) is 5.92 Å². The number of nitrogens with zero attached hydrogens (tertiary/aromatic N) is 2. The Morgan fingerprint density at radius 3 is 2.78 bits per heavy atom. The molecule has 2 fully saturated rings. The lowest BCUT2D eigenvalue weighted by molar-refractivity contribution is -0.134. The fraction of sp³-hybridized carbons (Fsp3) is 0.923. The van der Waals surface area contributed by atoms with Crippen molar-refractivity contribution in [3.05, 3.63) is 0 Å². The van der Waals surface area contributed by atoms with Crippen LogP contribution in [0.2, 0.25) is 0 Å². The molecule has 0 aromatic heterocycles. The first-order valence-electron chi connectivity index (χ1n) is 7.08. The van der Waals surface area contributed by atoms with Crippen LogP contribution < -0.4 is 5.32 Å². The third kappa shape index (κ3) is 3.93. The summed E-state index contributed by atoms with van der Waals surface area (Å²) in [7, 11) is 0. The zero-order chi connectivity index (χ0) is 12.8. The van der Waals surface area contributed by atoms with E-state index in [1.165, 1.54) is 19.5 Å². The summed E-state index contributed by atoms with van der Waals surface area (Å²) in [5.41, 5.74) is 0. The number of hydrogen-bond donors (Lipinski definition) is 1. The molecule has 1 unspecified atom stereocenters. The number of morpholine rings is 1. The normalized spacial score (nSPS) is 25.6. The molecule has 0 bridgehead atoms. The molecule has 1 N–H and O–H groups in total. The number of carbonyl (C=O) groups excluding carboxylic acids is 1. The Bertz CT molecular complexity index is 267. The van der Waals surface area contributed by atoms with Gasteiger partial charge in [-0.05, 0) is 32.0 Å². The highest BCUT2D eigenvalue weighted by molar-refractivity contribution is 5.78. The van der Waals surface area contributed by atoms with Gasteiger partial charge in [0.05, 0.1) is 19.8 Å². The summed E-state index contributed by atoms with van der Waals surface area (Å²) in [5, 5.41) is 3.31. The number of rotatable bonds is 5. The minimum absolute atomic E-state index is 0.212. The first kappa shape index (κ1) is 13.8. The first-order valence-corrected chi connectivity index (χ1v) is 7.08. The maximum atomic E-state index is 11.9. The van der Waals surface area contributed by atoms with Crippen molar-refractivity contribution < 1.29 is 9.53 Å². The molecule has 18 heavy (non-hydrogen) atoms. The van der Waals surface area contributed by atoms with Crippen LogP contribution in [-0.4, -0.2) is 74.7 Å². The van der Waals surface area contributed by atoms with E-state index >= 15 is 0 Å². The van der Waals surface area contributed by atoms with E-state index in [-0.39, 0.29) is 5.91 Å². The van der Waals surface area contributed by atoms with Gasteiger partial charge in [0.2, 0.25) is 5.91 Å². The second-order valence-electron chi connectivity index (χ2n) is 5.17. The maximum Gasteiger partial charge on any atom is 0.236 e. The lowest BCUT2D eigenvalue weighted by Gasteiger charge is -2.27. The number of ether oxygens (including phenoxy) is 1. The smallest absolute Gasteiger partial charge is 0.236 e. The lowest BCUT2D eigenvalue weighted by atomic mass is 10.1. The largest absolute Gasteiger partial charge is 0.378 e. The Labute approximate surface area is 109 Å². The fourth-order valence-electron chi connectivity index (χ4n) is 2.67. The van der Waals surface area contributed by atoms with Gasteiger partial charge in [-0.15, -0.1) is 0 Å². The number of carbonyl (C=O) groups is 1. The van der Waals surface area contributed by atoms with Crippen molar-refractivity contribution in [1.29, 1.82) is 0 Å². The van der Waals surface area contributed by atoms with Gasteiger partial charge < -0.3 is 19.9 Å². The number of nitrogens with one attached hydrogen (secondary N) is 1. The minimum atomic E-state index is 0.212. The standard InChI is InChI=1S/C13H25N3O2/c1-2-15-4-3-12(11-15)9-14-10-13(17)16-5-7-18-8-6-16/h12,14H,2-11H2,1H3. The predicted octanol–water partition coefficient (Wildman–Crippen LogP) is -0.223. The van der Waals surface area contributed by atoms with Crippen molar-refractivity contribution in [1.82, 2.24) is 15.1 Å². The highest BCUT2D eigenvalue weighted by atomic mass is 16.5. The number of amides is 1. The molecule has 2 aliphatic rings. The molecule has 0 spiro atoms. The second-order valence-corrected chi connectivity index (χ2v) is 5.17. The molecule has 0 aliphatic carbocycles. The van der Waals surface area contributed by atoms with Crippen LogP contribution in [0.4, 0.5) is 0 Å². The third-order valence-corrected chi connectivity index (χ3v) is 3.89. The van der Waals surface area contributed by atoms with Crippen molar-refractivity contribution in [3.63, 3.8) is 0 Å². The van der Waals surface area contributed by atoms with E-state index in [9.17, 15) is 4.79 Å². The van der Waals surface area contributed by atoms with E-state index in [4.69, 9.17) is 4.74 Å². The highest BCUT2D eigenvalue weighted by Crippen LogP contribution is 2.14. The Kier molecular flexibility index (Phi) is 5.41. The molecule has 2 aliphatic heterocycles. The van der Waals surface area contributed by atoms with Crippen molar-refractivity contribution in [2.45, 2.75) is 13.3 Å². The molecule has 5 heteroatoms. The van der Waals surface area contributed by atoms with Crippen LogP contribution in [0.3, 0.4) is 0 Å². The van der Waals surface area contributed by atoms with Crippen LogP contribution in [-0.2, 0) is 9.53 Å². The predicted molar refractivity (Wildman–Crippen MR) is 70.5 cm³/mol. The van der Waals surface area contributed by atoms with Crippen molar-refractivity contribution in [2.75, 3.05) is 59.0 Å². The van der Waals surface area contributed by atoms with E-state index in [0.29, 0.717) is 25.7 Å². The molecule has 0 radical (unpaired) electrons. The van der Waals surface area contributed by atoms with Gasteiger partial charge >= 0.3 is 0 Å². The highest BCUT2D eigenvalue weighted by Gasteiger charge is 2.21. The van der Waals surface area contributed by atoms with Crippen molar-refractivity contribution >= 4 is 5.91 Å². The van der Waals surface area contributed by atoms with Crippen LogP contribution in [0.15, 0.2) is 0 Å². The van der Waals surface area contributed by atoms with Crippen LogP contribution in [0.25, 0.3) is 0 Å². The summed E-state index contributed by atoms with van der Waals surface area (Å²) < 4.78 is 5.24. The number of hydrogen-bond acceptors (Lipinski definition) is 4. The Balaban J connectivity index is 1.58. The summed E-state index contributed by atoms with van der Waals surface area (Å²) >= 11 is 0. The maximum absolute atomic E-state index is 11.9. The summed E-state index contributed by atoms with van der Waals surface area (Å²) in [4.78, 5) is 16.3. The molecule has 1 atom stereocenters. The van der Waals surface area contributed by atoms with Gasteiger partial charge in [0.15, 0.2) is 0 Å². The van der Waals surface area contributed by atoms with Crippen molar-refractivity contribution in [2.24, 2.45) is 5.92 Å². The van der Waals surface area contributed by atoms with E-state index in [1.807, 2.05) is 4.90 Å². The fourth-order valence-corrected chi connectivity index (χ4v) is 2.67. The molecule has 2 heterocycles. The van der Waals surface area contributed by atoms with E-state index < -0.39 is 0 Å². The molecule has 5 nitrogen and oxygen atoms in total. The Morgan fingerprint density at radius 2 is 2.11 bits per heavy atom. The van der Waals surface area contributed by atoms with Gasteiger partial charge in [0.25, 0.3) is 0 Å². The van der Waals surface area contributed by atoms with Gasteiger partial charge in [0.1, 0.15) is 0 Å². The topological polar surface area (TPSA) is 44.8 Å². The van der Waals surface area contributed by atoms with Crippen LogP contribution >= 0.6 is 0 Å². The Hall–Kier alpha value is -0.650. The molecular formula is C13H25N3O2. The van der Waals surface area contributed by atoms with E-state index in [1.54, 1.807) is 0 Å². The SMILES string of the molecule is CCN1CCC(CNCC(=O)N2CCOCC2)C1. The van der Waals surface area contributed by atoms with E-state index in [0.717, 1.165) is 26.2 Å². The molecular weight excluding hydrogens is 230 g/mol. The zero-order valence-electron chi connectivity index (χ0n) is 11.4. The van der Waals surface area contributed by atoms with E-state index in [2.05, 4.69) is 17.1 Å². The number of likely N-dealkylation sites (tertiary alicyclic amines) is 1. The van der Waals surface area contributed by atoms with Crippen LogP contribution in [0.1, 0.15) is 13.3 Å². The molecule has 1 amide bonds. The molecule has 2 saturated heterocycles. The summed E-state index contributed by atoms with van der Waals surface area (Å²) in [6, 6.07) is 0. The summed E-state index contributed by atoms with van der Waals surface area (Å²) in [6.07, 6.45) is 1.26. The first-order chi connectivity index (χ1) is 8.79. The van der Waals surface area contributed by atoms with Gasteiger partial charge in [0, 0.05) is 19.6 Å². The monoisotopic (exact) mass is 255 g/mol. The third-order valence-electron chi connectivity index (χ3n) is 3.89. The van der Waals surface area contributed by atoms with Crippen molar-refractivity contribution in [3.8, 4) is 0 Å². The molecule has 104 valence electrons. The second kappa shape index (κ2) is 7.07. The molecule has 0 saturated carbocycles. The van der Waals surface area contributed by atoms with Gasteiger partial charge in [-0.2, -0.15) is 0 Å². The lowest BCUT2D eigenvalue weighted by Crippen LogP contribution is -2.45. The average Bonchev–Trinajstić information content (AvgIpc) is 2.87. The molecule has 2 rings (SSSR count). The summed E-state index contributed by atoms with van der Waals surface area (Å²) in [6.45, 7) is 10.0. The molecule has 0 aromatic carbocycles. The van der Waals surface area contributed by atoms with Gasteiger partial charge in [-0.1, -0.05) is 6.92 Å². The zero-order valence-corrected chi connectivity index (χ0v) is 11.4. The summed E-state index contributed by atoms with van der Waals surface area (Å²) in [5.74, 6) is 0.922. The average molecular weight is 255 g/mol. The van der Waals surface area contributed by atoms with Gasteiger partial charge in [-0.3, -0.25) is 4.79 Å².